The van der Waals surface area contributed by atoms with E-state index in [0.717, 1.165) is 16.7 Å². The third kappa shape index (κ3) is 4.19. The van der Waals surface area contributed by atoms with Crippen molar-refractivity contribution in [2.45, 2.75) is 39.3 Å². The molecule has 142 valence electrons. The van der Waals surface area contributed by atoms with Gasteiger partial charge in [0.1, 0.15) is 11.9 Å². The Hall–Kier alpha value is -3.09. The van der Waals surface area contributed by atoms with Crippen LogP contribution >= 0.6 is 0 Å². The number of nitrogens with one attached hydrogen (secondary N) is 2. The number of amides is 2. The van der Waals surface area contributed by atoms with E-state index in [1.807, 2.05) is 37.4 Å². The minimum Gasteiger partial charge on any atom is -0.485 e. The van der Waals surface area contributed by atoms with Crippen molar-refractivity contribution >= 4 is 17.7 Å². The highest BCUT2D eigenvalue weighted by atomic mass is 16.5. The molecule has 0 saturated heterocycles. The van der Waals surface area contributed by atoms with E-state index in [9.17, 15) is 9.59 Å². The SMILES string of the molecule is CC(C[C@H](C)NC(=O)O)C(=O)Nc1ccc2c(c1)OC(C)c1cnccc1-2. The van der Waals surface area contributed by atoms with E-state index in [0.29, 0.717) is 17.9 Å². The molecule has 0 radical (unpaired) electrons. The van der Waals surface area contributed by atoms with Crippen LogP contribution < -0.4 is 15.4 Å². The zero-order valence-corrected chi connectivity index (χ0v) is 15.5. The van der Waals surface area contributed by atoms with Gasteiger partial charge < -0.3 is 20.5 Å². The summed E-state index contributed by atoms with van der Waals surface area (Å²) in [6.45, 7) is 5.47. The number of carbonyl (C=O) groups is 2. The smallest absolute Gasteiger partial charge is 0.404 e. The molecule has 2 unspecified atom stereocenters. The number of benzene rings is 1. The van der Waals surface area contributed by atoms with Gasteiger partial charge in [-0.25, -0.2) is 4.79 Å². The lowest BCUT2D eigenvalue weighted by molar-refractivity contribution is -0.119. The topological polar surface area (TPSA) is 101 Å². The van der Waals surface area contributed by atoms with Crippen LogP contribution in [0.2, 0.25) is 0 Å². The third-order valence-corrected chi connectivity index (χ3v) is 4.66. The van der Waals surface area contributed by atoms with Gasteiger partial charge in [0.2, 0.25) is 5.91 Å². The molecule has 2 heterocycles. The fourth-order valence-corrected chi connectivity index (χ4v) is 3.32. The quantitative estimate of drug-likeness (QED) is 0.744. The standard InChI is InChI=1S/C20H23N3O4/c1-11(8-12(2)22-20(25)26)19(24)23-14-4-5-16-15-6-7-21-10-17(15)13(3)27-18(16)9-14/h4-7,9-13,22H,8H2,1-3H3,(H,23,24)(H,25,26)/t11?,12-,13?/m0/s1. The van der Waals surface area contributed by atoms with Gasteiger partial charge in [-0.2, -0.15) is 0 Å². The summed E-state index contributed by atoms with van der Waals surface area (Å²) >= 11 is 0. The Balaban J connectivity index is 1.72. The number of carboxylic acid groups (broad SMARTS) is 1. The summed E-state index contributed by atoms with van der Waals surface area (Å²) in [5.74, 6) is 0.213. The number of anilines is 1. The number of pyridine rings is 1. The number of aromatic nitrogens is 1. The number of hydrogen-bond acceptors (Lipinski definition) is 4. The molecule has 1 aliphatic heterocycles. The van der Waals surface area contributed by atoms with Crippen molar-refractivity contribution in [3.05, 3.63) is 42.2 Å². The second-order valence-corrected chi connectivity index (χ2v) is 6.91. The Labute approximate surface area is 157 Å². The number of hydrogen-bond donors (Lipinski definition) is 3. The van der Waals surface area contributed by atoms with Gasteiger partial charge in [-0.15, -0.1) is 0 Å². The van der Waals surface area contributed by atoms with Crippen LogP contribution in [0, 0.1) is 5.92 Å². The molecule has 1 aliphatic rings. The first kappa shape index (κ1) is 18.7. The number of fused-ring (bicyclic) bond motifs is 3. The van der Waals surface area contributed by atoms with Crippen LogP contribution in [0.4, 0.5) is 10.5 Å². The molecule has 2 aromatic rings. The van der Waals surface area contributed by atoms with E-state index < -0.39 is 6.09 Å². The average molecular weight is 369 g/mol. The summed E-state index contributed by atoms with van der Waals surface area (Å²) in [6.07, 6.45) is 2.77. The summed E-state index contributed by atoms with van der Waals surface area (Å²) in [5.41, 5.74) is 3.74. The highest BCUT2D eigenvalue weighted by molar-refractivity contribution is 5.93. The van der Waals surface area contributed by atoms with E-state index in [1.165, 1.54) is 0 Å². The van der Waals surface area contributed by atoms with E-state index in [4.69, 9.17) is 9.84 Å². The molecule has 3 rings (SSSR count). The monoisotopic (exact) mass is 369 g/mol. The van der Waals surface area contributed by atoms with Gasteiger partial charge in [0.15, 0.2) is 0 Å². The fourth-order valence-electron chi connectivity index (χ4n) is 3.32. The molecule has 3 N–H and O–H groups in total. The molecule has 27 heavy (non-hydrogen) atoms. The molecule has 3 atom stereocenters. The van der Waals surface area contributed by atoms with E-state index in [1.54, 1.807) is 20.0 Å². The second-order valence-electron chi connectivity index (χ2n) is 6.91. The molecular formula is C20H23N3O4. The van der Waals surface area contributed by atoms with Crippen LogP contribution in [0.3, 0.4) is 0 Å². The van der Waals surface area contributed by atoms with Crippen LogP contribution in [0.1, 0.15) is 38.9 Å². The van der Waals surface area contributed by atoms with Gasteiger partial charge in [0.05, 0.1) is 0 Å². The predicted molar refractivity (Wildman–Crippen MR) is 102 cm³/mol. The van der Waals surface area contributed by atoms with Gasteiger partial charge >= 0.3 is 6.09 Å². The van der Waals surface area contributed by atoms with E-state index in [-0.39, 0.29) is 24.0 Å². The summed E-state index contributed by atoms with van der Waals surface area (Å²) < 4.78 is 5.98. The molecule has 0 aliphatic carbocycles. The van der Waals surface area contributed by atoms with Crippen LogP contribution in [0.25, 0.3) is 11.1 Å². The molecule has 1 aromatic heterocycles. The van der Waals surface area contributed by atoms with Crippen molar-refractivity contribution in [2.24, 2.45) is 5.92 Å². The predicted octanol–water partition coefficient (Wildman–Crippen LogP) is 3.82. The molecule has 2 amide bonds. The van der Waals surface area contributed by atoms with Gasteiger partial charge in [0.25, 0.3) is 0 Å². The second kappa shape index (κ2) is 7.65. The minimum absolute atomic E-state index is 0.117. The molecule has 1 aromatic carbocycles. The number of rotatable bonds is 5. The van der Waals surface area contributed by atoms with Crippen molar-refractivity contribution in [1.29, 1.82) is 0 Å². The normalized spacial score (nSPS) is 16.9. The summed E-state index contributed by atoms with van der Waals surface area (Å²) in [5, 5.41) is 14.0. The lowest BCUT2D eigenvalue weighted by Crippen LogP contribution is -2.34. The number of carbonyl (C=O) groups excluding carboxylic acids is 1. The largest absolute Gasteiger partial charge is 0.485 e. The Bertz CT molecular complexity index is 868. The van der Waals surface area contributed by atoms with Crippen LogP contribution in [0.15, 0.2) is 36.7 Å². The first-order valence-electron chi connectivity index (χ1n) is 8.90. The van der Waals surface area contributed by atoms with Gasteiger partial charge in [0, 0.05) is 47.2 Å². The summed E-state index contributed by atoms with van der Waals surface area (Å²) in [4.78, 5) is 27.3. The minimum atomic E-state index is -1.09. The number of nitrogens with zero attached hydrogens (tertiary/aromatic N) is 1. The maximum atomic E-state index is 12.4. The van der Waals surface area contributed by atoms with Crippen molar-refractivity contribution < 1.29 is 19.4 Å². The lowest BCUT2D eigenvalue weighted by atomic mass is 9.95. The van der Waals surface area contributed by atoms with Crippen molar-refractivity contribution in [1.82, 2.24) is 10.3 Å². The first-order chi connectivity index (χ1) is 12.8. The average Bonchev–Trinajstić information content (AvgIpc) is 2.61. The van der Waals surface area contributed by atoms with Crippen LogP contribution in [-0.4, -0.2) is 28.1 Å². The zero-order valence-electron chi connectivity index (χ0n) is 15.5. The van der Waals surface area contributed by atoms with E-state index in [2.05, 4.69) is 15.6 Å². The highest BCUT2D eigenvalue weighted by Crippen LogP contribution is 2.42. The molecule has 0 bridgehead atoms. The van der Waals surface area contributed by atoms with Gasteiger partial charge in [-0.3, -0.25) is 9.78 Å². The van der Waals surface area contributed by atoms with Crippen LogP contribution in [0.5, 0.6) is 5.75 Å². The first-order valence-corrected chi connectivity index (χ1v) is 8.90. The third-order valence-electron chi connectivity index (χ3n) is 4.66. The van der Waals surface area contributed by atoms with Crippen molar-refractivity contribution in [3.63, 3.8) is 0 Å². The molecule has 7 nitrogen and oxygen atoms in total. The van der Waals surface area contributed by atoms with Crippen molar-refractivity contribution in [3.8, 4) is 16.9 Å². The van der Waals surface area contributed by atoms with Gasteiger partial charge in [-0.05, 0) is 44.0 Å². The molecule has 7 heteroatoms. The summed E-state index contributed by atoms with van der Waals surface area (Å²) in [6, 6.07) is 7.24. The molecule has 0 spiro atoms. The Morgan fingerprint density at radius 1 is 1.26 bits per heavy atom. The molecule has 0 saturated carbocycles. The van der Waals surface area contributed by atoms with Gasteiger partial charge in [-0.1, -0.05) is 6.92 Å². The maximum Gasteiger partial charge on any atom is 0.404 e. The maximum absolute atomic E-state index is 12.4. The Morgan fingerprint density at radius 2 is 2.04 bits per heavy atom. The van der Waals surface area contributed by atoms with Crippen LogP contribution in [-0.2, 0) is 4.79 Å². The Kier molecular flexibility index (Phi) is 5.30. The molecule has 0 fully saturated rings. The van der Waals surface area contributed by atoms with Crippen molar-refractivity contribution in [2.75, 3.05) is 5.32 Å². The zero-order chi connectivity index (χ0) is 19.6. The molecular weight excluding hydrogens is 346 g/mol. The summed E-state index contributed by atoms with van der Waals surface area (Å²) in [7, 11) is 0. The fraction of sp³-hybridized carbons (Fsp3) is 0.350. The van der Waals surface area contributed by atoms with E-state index >= 15 is 0 Å². The lowest BCUT2D eigenvalue weighted by Gasteiger charge is -2.26. The number of ether oxygens (including phenoxy) is 1. The highest BCUT2D eigenvalue weighted by Gasteiger charge is 2.24. The Morgan fingerprint density at radius 3 is 2.78 bits per heavy atom.